The molecule has 1 aliphatic rings. The Morgan fingerprint density at radius 3 is 2.93 bits per heavy atom. The number of nitrogens with zero attached hydrogens (tertiary/aromatic N) is 4. The molecule has 3 rings (SSSR count). The minimum absolute atomic E-state index is 0.451. The molecule has 0 radical (unpaired) electrons. The summed E-state index contributed by atoms with van der Waals surface area (Å²) in [5.74, 6) is 0.699. The monoisotopic (exact) mass is 208 g/mol. The summed E-state index contributed by atoms with van der Waals surface area (Å²) in [4.78, 5) is 12.7. The summed E-state index contributed by atoms with van der Waals surface area (Å²) in [7, 11) is 0. The molecular weight excluding hydrogens is 200 g/mol. The van der Waals surface area contributed by atoms with E-state index in [4.69, 9.17) is 11.6 Å². The second-order valence-corrected chi connectivity index (χ2v) is 3.97. The number of aryl methyl sites for hydroxylation is 1. The van der Waals surface area contributed by atoms with E-state index >= 15 is 0 Å². The highest BCUT2D eigenvalue weighted by atomic mass is 35.5. The molecule has 0 atom stereocenters. The van der Waals surface area contributed by atoms with Crippen LogP contribution in [0.2, 0.25) is 5.15 Å². The fraction of sp³-hybridized carbons (Fsp3) is 0.444. The Labute approximate surface area is 85.9 Å². The van der Waals surface area contributed by atoms with E-state index in [1.54, 1.807) is 0 Å². The number of hydrogen-bond acceptors (Lipinski definition) is 3. The van der Waals surface area contributed by atoms with Crippen LogP contribution < -0.4 is 0 Å². The molecule has 1 fully saturated rings. The fourth-order valence-electron chi connectivity index (χ4n) is 1.60. The van der Waals surface area contributed by atoms with Crippen LogP contribution in [0.15, 0.2) is 6.33 Å². The van der Waals surface area contributed by atoms with Gasteiger partial charge in [-0.3, -0.25) is 0 Å². The molecule has 1 aliphatic carbocycles. The van der Waals surface area contributed by atoms with Gasteiger partial charge in [0.15, 0.2) is 10.8 Å². The zero-order valence-corrected chi connectivity index (χ0v) is 8.49. The maximum absolute atomic E-state index is 5.97. The summed E-state index contributed by atoms with van der Waals surface area (Å²) in [5, 5.41) is 0.451. The van der Waals surface area contributed by atoms with Crippen molar-refractivity contribution >= 4 is 22.8 Å². The van der Waals surface area contributed by atoms with Gasteiger partial charge in [-0.15, -0.1) is 0 Å². The summed E-state index contributed by atoms with van der Waals surface area (Å²) in [6.07, 6.45) is 4.24. The number of imidazole rings is 1. The van der Waals surface area contributed by atoms with Gasteiger partial charge in [-0.25, -0.2) is 15.0 Å². The first-order valence-electron chi connectivity index (χ1n) is 4.62. The summed E-state index contributed by atoms with van der Waals surface area (Å²) in [6, 6.07) is 0.574. The van der Waals surface area contributed by atoms with Crippen LogP contribution in [-0.4, -0.2) is 19.5 Å². The van der Waals surface area contributed by atoms with Gasteiger partial charge >= 0.3 is 0 Å². The average molecular weight is 209 g/mol. The van der Waals surface area contributed by atoms with Crippen LogP contribution in [0.4, 0.5) is 0 Å². The smallest absolute Gasteiger partial charge is 0.165 e. The molecule has 0 aliphatic heterocycles. The maximum atomic E-state index is 5.97. The fourth-order valence-corrected chi connectivity index (χ4v) is 1.86. The van der Waals surface area contributed by atoms with Crippen LogP contribution in [0.5, 0.6) is 0 Å². The van der Waals surface area contributed by atoms with Crippen LogP contribution >= 0.6 is 11.6 Å². The molecule has 72 valence electrons. The summed E-state index contributed by atoms with van der Waals surface area (Å²) in [5.41, 5.74) is 1.58. The van der Waals surface area contributed by atoms with Crippen LogP contribution in [-0.2, 0) is 0 Å². The number of rotatable bonds is 1. The van der Waals surface area contributed by atoms with Gasteiger partial charge in [0.1, 0.15) is 11.3 Å². The van der Waals surface area contributed by atoms with E-state index in [0.29, 0.717) is 22.5 Å². The van der Waals surface area contributed by atoms with Gasteiger partial charge in [0.25, 0.3) is 0 Å². The zero-order chi connectivity index (χ0) is 9.71. The molecule has 0 unspecified atom stereocenters. The van der Waals surface area contributed by atoms with Crippen molar-refractivity contribution in [3.63, 3.8) is 0 Å². The van der Waals surface area contributed by atoms with Crippen molar-refractivity contribution in [2.45, 2.75) is 25.8 Å². The first-order chi connectivity index (χ1) is 6.75. The van der Waals surface area contributed by atoms with Crippen LogP contribution in [0, 0.1) is 6.92 Å². The lowest BCUT2D eigenvalue weighted by molar-refractivity contribution is 0.755. The molecule has 0 bridgehead atoms. The summed E-state index contributed by atoms with van der Waals surface area (Å²) >= 11 is 5.97. The molecule has 0 amide bonds. The Bertz CT molecular complexity index is 501. The minimum atomic E-state index is 0.451. The highest BCUT2D eigenvalue weighted by molar-refractivity contribution is 6.33. The van der Waals surface area contributed by atoms with E-state index in [1.165, 1.54) is 12.8 Å². The number of fused-ring (bicyclic) bond motifs is 1. The van der Waals surface area contributed by atoms with E-state index in [0.717, 1.165) is 5.65 Å². The van der Waals surface area contributed by atoms with Gasteiger partial charge in [-0.05, 0) is 19.8 Å². The van der Waals surface area contributed by atoms with Crippen molar-refractivity contribution in [3.8, 4) is 0 Å². The first kappa shape index (κ1) is 8.17. The molecule has 0 saturated heterocycles. The molecule has 0 aromatic carbocycles. The van der Waals surface area contributed by atoms with E-state index < -0.39 is 0 Å². The third-order valence-electron chi connectivity index (χ3n) is 2.43. The van der Waals surface area contributed by atoms with Crippen molar-refractivity contribution in [1.29, 1.82) is 0 Å². The Balaban J connectivity index is 2.33. The van der Waals surface area contributed by atoms with E-state index in [-0.39, 0.29) is 0 Å². The van der Waals surface area contributed by atoms with Gasteiger partial charge in [-0.1, -0.05) is 11.6 Å². The molecule has 5 heteroatoms. The Hall–Kier alpha value is -1.16. The molecule has 0 spiro atoms. The lowest BCUT2D eigenvalue weighted by Crippen LogP contribution is -1.96. The predicted molar refractivity (Wildman–Crippen MR) is 53.3 cm³/mol. The summed E-state index contributed by atoms with van der Waals surface area (Å²) < 4.78 is 2.09. The Kier molecular flexibility index (Phi) is 1.56. The van der Waals surface area contributed by atoms with Crippen LogP contribution in [0.1, 0.15) is 24.7 Å². The van der Waals surface area contributed by atoms with Gasteiger partial charge in [0, 0.05) is 6.04 Å². The molecule has 2 aromatic heterocycles. The number of halogens is 1. The molecular formula is C9H9ClN4. The highest BCUT2D eigenvalue weighted by Gasteiger charge is 2.26. The van der Waals surface area contributed by atoms with Crippen LogP contribution in [0.25, 0.3) is 11.2 Å². The van der Waals surface area contributed by atoms with Crippen molar-refractivity contribution < 1.29 is 0 Å². The maximum Gasteiger partial charge on any atom is 0.165 e. The van der Waals surface area contributed by atoms with E-state index in [1.807, 2.05) is 13.3 Å². The molecule has 2 aromatic rings. The van der Waals surface area contributed by atoms with Crippen LogP contribution in [0.3, 0.4) is 0 Å². The molecule has 1 saturated carbocycles. The quantitative estimate of drug-likeness (QED) is 0.675. The number of aromatic nitrogens is 4. The standard InChI is InChI=1S/C9H9ClN4/c1-5-12-8(10)7-9(13-5)14(4-11-7)6-2-3-6/h4,6H,2-3H2,1H3. The van der Waals surface area contributed by atoms with Crippen molar-refractivity contribution in [2.75, 3.05) is 0 Å². The largest absolute Gasteiger partial charge is 0.312 e. The first-order valence-corrected chi connectivity index (χ1v) is 5.00. The second kappa shape index (κ2) is 2.67. The topological polar surface area (TPSA) is 43.6 Å². The van der Waals surface area contributed by atoms with Crippen molar-refractivity contribution in [3.05, 3.63) is 17.3 Å². The Morgan fingerprint density at radius 1 is 1.43 bits per heavy atom. The van der Waals surface area contributed by atoms with E-state index in [2.05, 4.69) is 19.5 Å². The minimum Gasteiger partial charge on any atom is -0.312 e. The average Bonchev–Trinajstić information content (AvgIpc) is 2.87. The van der Waals surface area contributed by atoms with Gasteiger partial charge in [0.2, 0.25) is 0 Å². The van der Waals surface area contributed by atoms with Crippen molar-refractivity contribution in [2.24, 2.45) is 0 Å². The normalized spacial score (nSPS) is 16.4. The van der Waals surface area contributed by atoms with E-state index in [9.17, 15) is 0 Å². The second-order valence-electron chi connectivity index (χ2n) is 3.62. The van der Waals surface area contributed by atoms with Gasteiger partial charge in [-0.2, -0.15) is 0 Å². The molecule has 14 heavy (non-hydrogen) atoms. The lowest BCUT2D eigenvalue weighted by Gasteiger charge is -2.00. The summed E-state index contributed by atoms with van der Waals surface area (Å²) in [6.45, 7) is 1.84. The Morgan fingerprint density at radius 2 is 2.21 bits per heavy atom. The predicted octanol–water partition coefficient (Wildman–Crippen LogP) is 2.12. The third kappa shape index (κ3) is 1.10. The lowest BCUT2D eigenvalue weighted by atomic mass is 10.5. The number of hydrogen-bond donors (Lipinski definition) is 0. The molecule has 4 nitrogen and oxygen atoms in total. The van der Waals surface area contributed by atoms with Gasteiger partial charge < -0.3 is 4.57 Å². The SMILES string of the molecule is Cc1nc(Cl)c2ncn(C3CC3)c2n1. The van der Waals surface area contributed by atoms with Crippen molar-refractivity contribution in [1.82, 2.24) is 19.5 Å². The highest BCUT2D eigenvalue weighted by Crippen LogP contribution is 2.37. The molecule has 0 N–H and O–H groups in total. The van der Waals surface area contributed by atoms with Gasteiger partial charge in [0.05, 0.1) is 6.33 Å². The zero-order valence-electron chi connectivity index (χ0n) is 7.74. The molecule has 2 heterocycles. The third-order valence-corrected chi connectivity index (χ3v) is 2.69.